The highest BCUT2D eigenvalue weighted by Gasteiger charge is 2.42. The summed E-state index contributed by atoms with van der Waals surface area (Å²) in [4.78, 5) is 19.3. The van der Waals surface area contributed by atoms with Crippen LogP contribution in [0.5, 0.6) is 0 Å². The van der Waals surface area contributed by atoms with Gasteiger partial charge in [-0.2, -0.15) is 0 Å². The fraction of sp³-hybridized carbons (Fsp3) is 0.148. The van der Waals surface area contributed by atoms with E-state index in [1.54, 1.807) is 6.20 Å². The van der Waals surface area contributed by atoms with Gasteiger partial charge in [-0.3, -0.25) is 9.78 Å². The number of furan rings is 1. The summed E-state index contributed by atoms with van der Waals surface area (Å²) in [5.74, 6) is 1.20. The predicted molar refractivity (Wildman–Crippen MR) is 141 cm³/mol. The van der Waals surface area contributed by atoms with Gasteiger partial charge in [-0.15, -0.1) is 0 Å². The molecule has 0 unspecified atom stereocenters. The average Bonchev–Trinajstić information content (AvgIpc) is 3.47. The van der Waals surface area contributed by atoms with Crippen LogP contribution in [0, 0.1) is 6.92 Å². The molecule has 1 aliphatic rings. The molecule has 0 bridgehead atoms. The Morgan fingerprint density at radius 2 is 1.89 bits per heavy atom. The summed E-state index contributed by atoms with van der Waals surface area (Å²) in [6, 6.07) is 24.0. The molecule has 0 saturated carbocycles. The van der Waals surface area contributed by atoms with E-state index in [-0.39, 0.29) is 24.5 Å². The lowest BCUT2D eigenvalue weighted by Gasteiger charge is -2.25. The van der Waals surface area contributed by atoms with Crippen LogP contribution in [-0.4, -0.2) is 27.4 Å². The van der Waals surface area contributed by atoms with Crippen molar-refractivity contribution >= 4 is 40.5 Å². The minimum absolute atomic E-state index is 0.0565. The zero-order valence-electron chi connectivity index (χ0n) is 18.9. The van der Waals surface area contributed by atoms with Crippen molar-refractivity contribution in [2.75, 3.05) is 11.9 Å². The summed E-state index contributed by atoms with van der Waals surface area (Å²) >= 11 is 12.0. The maximum absolute atomic E-state index is 12.9. The van der Waals surface area contributed by atoms with Crippen molar-refractivity contribution < 1.29 is 9.21 Å². The van der Waals surface area contributed by atoms with E-state index in [0.29, 0.717) is 21.7 Å². The highest BCUT2D eigenvalue weighted by atomic mass is 35.5. The molecule has 2 atom stereocenters. The third kappa shape index (κ3) is 4.78. The van der Waals surface area contributed by atoms with E-state index >= 15 is 0 Å². The Labute approximate surface area is 213 Å². The van der Waals surface area contributed by atoms with Gasteiger partial charge in [0.05, 0.1) is 11.7 Å². The van der Waals surface area contributed by atoms with Gasteiger partial charge in [0, 0.05) is 22.5 Å². The molecule has 0 spiro atoms. The summed E-state index contributed by atoms with van der Waals surface area (Å²) in [7, 11) is 0. The van der Waals surface area contributed by atoms with Gasteiger partial charge in [-0.05, 0) is 67.2 Å². The van der Waals surface area contributed by atoms with Crippen molar-refractivity contribution in [1.29, 1.82) is 0 Å². The van der Waals surface area contributed by atoms with Crippen molar-refractivity contribution in [3.8, 4) is 11.3 Å². The summed E-state index contributed by atoms with van der Waals surface area (Å²) in [6.45, 7) is 2.02. The highest BCUT2D eigenvalue weighted by molar-refractivity contribution is 7.80. The zero-order valence-corrected chi connectivity index (χ0v) is 20.5. The standard InChI is InChI=1S/C27H23ClN4O2S/c1-17-19(10-7-11-20(17)28)22-13-14-23(34-22)26-25(21-12-5-6-15-29-21)31-27(35)32(26)16-24(33)30-18-8-3-2-4-9-18/h2-15,25-26H,16H2,1H3,(H,30,33)(H,31,35)/t25-,26-/m1/s1. The third-order valence-electron chi connectivity index (χ3n) is 6.02. The SMILES string of the molecule is Cc1c(Cl)cccc1-c1ccc([C@@H]2[C@@H](c3ccccn3)NC(=S)N2CC(=O)Nc2ccccc2)o1. The second-order valence-electron chi connectivity index (χ2n) is 8.28. The Bertz CT molecular complexity index is 1360. The largest absolute Gasteiger partial charge is 0.459 e. The van der Waals surface area contributed by atoms with Crippen molar-refractivity contribution in [1.82, 2.24) is 15.2 Å². The van der Waals surface area contributed by atoms with Gasteiger partial charge in [0.25, 0.3) is 0 Å². The number of hydrogen-bond acceptors (Lipinski definition) is 4. The number of aromatic nitrogens is 1. The normalized spacial score (nSPS) is 17.3. The monoisotopic (exact) mass is 502 g/mol. The number of pyridine rings is 1. The molecule has 2 aromatic heterocycles. The molecule has 1 amide bonds. The predicted octanol–water partition coefficient (Wildman–Crippen LogP) is 5.91. The Hall–Kier alpha value is -3.68. The first-order valence-electron chi connectivity index (χ1n) is 11.2. The fourth-order valence-electron chi connectivity index (χ4n) is 4.29. The number of rotatable bonds is 6. The fourth-order valence-corrected chi connectivity index (χ4v) is 4.77. The number of para-hydroxylation sites is 1. The van der Waals surface area contributed by atoms with Crippen LogP contribution in [0.2, 0.25) is 5.02 Å². The molecule has 35 heavy (non-hydrogen) atoms. The van der Waals surface area contributed by atoms with E-state index in [1.165, 1.54) is 0 Å². The van der Waals surface area contributed by atoms with Crippen LogP contribution in [-0.2, 0) is 4.79 Å². The van der Waals surface area contributed by atoms with Crippen LogP contribution in [0.1, 0.15) is 29.1 Å². The molecular weight excluding hydrogens is 480 g/mol. The van der Waals surface area contributed by atoms with Gasteiger partial charge < -0.3 is 20.0 Å². The lowest BCUT2D eigenvalue weighted by atomic mass is 10.0. The van der Waals surface area contributed by atoms with Gasteiger partial charge in [-0.25, -0.2) is 0 Å². The first-order valence-corrected chi connectivity index (χ1v) is 12.0. The molecular formula is C27H23ClN4O2S. The van der Waals surface area contributed by atoms with Crippen molar-refractivity contribution in [2.24, 2.45) is 0 Å². The molecule has 5 rings (SSSR count). The Balaban J connectivity index is 1.48. The first kappa shape index (κ1) is 23.1. The molecule has 0 radical (unpaired) electrons. The van der Waals surface area contributed by atoms with Crippen molar-refractivity contribution in [3.63, 3.8) is 0 Å². The average molecular weight is 503 g/mol. The third-order valence-corrected chi connectivity index (χ3v) is 6.78. The van der Waals surface area contributed by atoms with Crippen LogP contribution >= 0.6 is 23.8 Å². The molecule has 8 heteroatoms. The van der Waals surface area contributed by atoms with E-state index < -0.39 is 0 Å². The van der Waals surface area contributed by atoms with Crippen LogP contribution in [0.4, 0.5) is 5.69 Å². The second-order valence-corrected chi connectivity index (χ2v) is 9.08. The molecule has 176 valence electrons. The minimum atomic E-state index is -0.368. The summed E-state index contributed by atoms with van der Waals surface area (Å²) in [6.07, 6.45) is 1.74. The number of carbonyl (C=O) groups is 1. The topological polar surface area (TPSA) is 70.4 Å². The maximum Gasteiger partial charge on any atom is 0.244 e. The van der Waals surface area contributed by atoms with E-state index in [1.807, 2.05) is 90.7 Å². The molecule has 0 aliphatic carbocycles. The molecule has 4 aromatic rings. The van der Waals surface area contributed by atoms with Gasteiger partial charge >= 0.3 is 0 Å². The van der Waals surface area contributed by atoms with Gasteiger partial charge in [-0.1, -0.05) is 48.0 Å². The Morgan fingerprint density at radius 1 is 1.09 bits per heavy atom. The van der Waals surface area contributed by atoms with Gasteiger partial charge in [0.2, 0.25) is 5.91 Å². The quantitative estimate of drug-likeness (QED) is 0.319. The molecule has 6 nitrogen and oxygen atoms in total. The number of halogens is 1. The molecule has 2 N–H and O–H groups in total. The molecule has 3 heterocycles. The first-order chi connectivity index (χ1) is 17.0. The number of thiocarbonyl (C=S) groups is 1. The van der Waals surface area contributed by atoms with E-state index in [9.17, 15) is 4.79 Å². The van der Waals surface area contributed by atoms with E-state index in [2.05, 4.69) is 15.6 Å². The van der Waals surface area contributed by atoms with Crippen LogP contribution in [0.25, 0.3) is 11.3 Å². The minimum Gasteiger partial charge on any atom is -0.459 e. The number of hydrogen-bond donors (Lipinski definition) is 2. The van der Waals surface area contributed by atoms with E-state index in [4.69, 9.17) is 28.2 Å². The molecule has 1 fully saturated rings. The summed E-state index contributed by atoms with van der Waals surface area (Å²) < 4.78 is 6.36. The number of amides is 1. The number of nitrogens with zero attached hydrogens (tertiary/aromatic N) is 2. The smallest absolute Gasteiger partial charge is 0.244 e. The Kier molecular flexibility index (Phi) is 6.53. The number of carbonyl (C=O) groups excluding carboxylic acids is 1. The van der Waals surface area contributed by atoms with Crippen LogP contribution in [0.15, 0.2) is 89.5 Å². The van der Waals surface area contributed by atoms with Crippen molar-refractivity contribution in [3.05, 3.63) is 107 Å². The summed E-state index contributed by atoms with van der Waals surface area (Å²) in [5, 5.41) is 7.41. The van der Waals surface area contributed by atoms with Crippen LogP contribution in [0.3, 0.4) is 0 Å². The Morgan fingerprint density at radius 3 is 2.66 bits per heavy atom. The molecule has 2 aromatic carbocycles. The van der Waals surface area contributed by atoms with Gasteiger partial charge in [0.1, 0.15) is 24.1 Å². The zero-order chi connectivity index (χ0) is 24.4. The highest BCUT2D eigenvalue weighted by Crippen LogP contribution is 2.41. The number of anilines is 1. The van der Waals surface area contributed by atoms with Crippen molar-refractivity contribution in [2.45, 2.75) is 19.0 Å². The van der Waals surface area contributed by atoms with E-state index in [0.717, 1.165) is 22.5 Å². The summed E-state index contributed by atoms with van der Waals surface area (Å²) in [5.41, 5.74) is 3.39. The maximum atomic E-state index is 12.9. The lowest BCUT2D eigenvalue weighted by Crippen LogP contribution is -2.36. The molecule has 1 saturated heterocycles. The number of nitrogens with one attached hydrogen (secondary N) is 2. The second kappa shape index (κ2) is 9.90. The van der Waals surface area contributed by atoms with Crippen LogP contribution < -0.4 is 10.6 Å². The van der Waals surface area contributed by atoms with Gasteiger partial charge in [0.15, 0.2) is 5.11 Å². The number of benzene rings is 2. The molecule has 1 aliphatic heterocycles. The lowest BCUT2D eigenvalue weighted by molar-refractivity contribution is -0.116.